The van der Waals surface area contributed by atoms with E-state index in [0.29, 0.717) is 60.7 Å². The number of nitrogens with one attached hydrogen (secondary N) is 2. The number of hydrogen-bond donors (Lipinski definition) is 2. The molecule has 8 aliphatic heterocycles. The van der Waals surface area contributed by atoms with Gasteiger partial charge in [-0.15, -0.1) is 0 Å². The first-order valence-electron chi connectivity index (χ1n) is 40.0. The van der Waals surface area contributed by atoms with Gasteiger partial charge in [-0.05, 0) is 235 Å². The molecule has 4 atom stereocenters. The van der Waals surface area contributed by atoms with E-state index in [-0.39, 0.29) is 42.6 Å². The average Bonchev–Trinajstić information content (AvgIpc) is 1.57. The maximum Gasteiger partial charge on any atom is 0.262 e. The quantitative estimate of drug-likeness (QED) is 0.0633. The van der Waals surface area contributed by atoms with Crippen LogP contribution in [0.15, 0.2) is 130 Å². The molecule has 18 rings (SSSR count). The zero-order chi connectivity index (χ0) is 77.2. The molecule has 6 aromatic carbocycles. The molecule has 2 aromatic heterocycles. The minimum atomic E-state index is -1.01. The molecule has 0 spiro atoms. The molecule has 2 N–H and O–H groups in total. The van der Waals surface area contributed by atoms with Crippen molar-refractivity contribution in [3.63, 3.8) is 0 Å². The van der Waals surface area contributed by atoms with Crippen LogP contribution in [0.2, 0.25) is 0 Å². The summed E-state index contributed by atoms with van der Waals surface area (Å²) in [6, 6.07) is 46.7. The van der Waals surface area contributed by atoms with Crippen LogP contribution in [0.5, 0.6) is 0 Å². The summed E-state index contributed by atoms with van der Waals surface area (Å²) < 4.78 is 11.5. The predicted octanol–water partition coefficient (Wildman–Crippen LogP) is 12.0. The van der Waals surface area contributed by atoms with Crippen LogP contribution in [0, 0.1) is 81.0 Å². The molecular formula is C89H92N14O9. The summed E-state index contributed by atoms with van der Waals surface area (Å²) in [5.74, 6) is -0.167. The Morgan fingerprint density at radius 2 is 1.12 bits per heavy atom. The summed E-state index contributed by atoms with van der Waals surface area (Å²) in [5, 5.41) is 35.3. The number of piperidine rings is 4. The number of imide groups is 3. The highest BCUT2D eigenvalue weighted by molar-refractivity contribution is 6.24. The number of carbonyl (C=O) groups is 7. The van der Waals surface area contributed by atoms with Gasteiger partial charge in [-0.25, -0.2) is 0 Å². The maximum atomic E-state index is 13.7. The lowest BCUT2D eigenvalue weighted by Crippen LogP contribution is -2.57. The van der Waals surface area contributed by atoms with Crippen molar-refractivity contribution in [3.05, 3.63) is 189 Å². The zero-order valence-electron chi connectivity index (χ0n) is 64.1. The number of carbonyl (C=O) groups excluding carboxylic acids is 7. The molecule has 8 aromatic rings. The molecule has 10 heterocycles. The standard InChI is InChI=1S/C89H92N14O9/c1-52-6-7-61(81-53(2)94-111-55(81)4)38-77(52)100(47-57-26-32-96(33-27-57)42-58-43-99(44-58)71-19-21-73-74(40-71)87(110)103(86(73)109)76-23-25-80(105)93-84(76)107)68-16-12-65(13-17-68)89(51-91)41-66(89)36-60-8-9-62(82-54(3)95-112-56(82)5)39-78(60)101(69-14-10-64(11-15-69)88(50-90)30-31-88)48-59-45-98(46-59)67-28-34-97(35-29-67)70-18-20-72-63(37-70)49-102(85(72)108)75-22-24-79(104)92-83(75)106/h6-21,37-40,57-59,66-67,75-76H,22-36,41-49H2,1-5H3,(H,92,104,106)(H,93,105,107). The topological polar surface area (TPSA) is 269 Å². The lowest BCUT2D eigenvalue weighted by Gasteiger charge is -2.49. The fourth-order valence-corrected chi connectivity index (χ4v) is 19.6. The number of amides is 7. The number of likely N-dealkylation sites (tertiary alicyclic amines) is 2. The summed E-state index contributed by atoms with van der Waals surface area (Å²) in [7, 11) is 0. The lowest BCUT2D eigenvalue weighted by atomic mass is 9.89. The second kappa shape index (κ2) is 28.5. The third kappa shape index (κ3) is 13.1. The van der Waals surface area contributed by atoms with Gasteiger partial charge in [-0.2, -0.15) is 10.5 Å². The first-order valence-corrected chi connectivity index (χ1v) is 40.0. The van der Waals surface area contributed by atoms with Crippen LogP contribution >= 0.6 is 0 Å². The van der Waals surface area contributed by atoms with Crippen molar-refractivity contribution >= 4 is 75.5 Å². The highest BCUT2D eigenvalue weighted by Gasteiger charge is 2.56. The molecule has 2 aliphatic carbocycles. The van der Waals surface area contributed by atoms with Crippen LogP contribution in [0.25, 0.3) is 22.3 Å². The summed E-state index contributed by atoms with van der Waals surface area (Å²) >= 11 is 0. The fourth-order valence-electron chi connectivity index (χ4n) is 19.6. The van der Waals surface area contributed by atoms with Crippen molar-refractivity contribution in [2.75, 3.05) is 91.6 Å². The number of rotatable bonds is 21. The Hall–Kier alpha value is -11.3. The Morgan fingerprint density at radius 3 is 1.73 bits per heavy atom. The number of nitrogens with zero attached hydrogens (tertiary/aromatic N) is 12. The number of anilines is 6. The van der Waals surface area contributed by atoms with E-state index in [9.17, 15) is 44.1 Å². The van der Waals surface area contributed by atoms with E-state index < -0.39 is 52.4 Å². The van der Waals surface area contributed by atoms with Gasteiger partial charge in [0.05, 0.1) is 45.5 Å². The van der Waals surface area contributed by atoms with Crippen molar-refractivity contribution in [2.24, 2.45) is 23.7 Å². The molecule has 4 unspecified atom stereocenters. The summed E-state index contributed by atoms with van der Waals surface area (Å²) in [6.45, 7) is 20.2. The zero-order valence-corrected chi connectivity index (χ0v) is 64.1. The Kier molecular flexibility index (Phi) is 18.4. The van der Waals surface area contributed by atoms with E-state index in [1.165, 1.54) is 0 Å². The van der Waals surface area contributed by atoms with Crippen LogP contribution in [-0.4, -0.2) is 161 Å². The average molecular weight is 1500 g/mol. The normalized spacial score (nSPS) is 22.8. The van der Waals surface area contributed by atoms with Crippen molar-refractivity contribution in [2.45, 2.75) is 147 Å². The summed E-state index contributed by atoms with van der Waals surface area (Å²) in [4.78, 5) is 107. The molecule has 0 radical (unpaired) electrons. The van der Waals surface area contributed by atoms with Crippen molar-refractivity contribution < 1.29 is 42.6 Å². The fraction of sp³-hybridized carbons (Fsp3) is 0.427. The number of aromatic nitrogens is 2. The number of aryl methyl sites for hydroxylation is 5. The summed E-state index contributed by atoms with van der Waals surface area (Å²) in [5.41, 5.74) is 17.3. The molecule has 6 saturated heterocycles. The second-order valence-corrected chi connectivity index (χ2v) is 33.4. The van der Waals surface area contributed by atoms with Gasteiger partial charge in [0.1, 0.15) is 23.6 Å². The van der Waals surface area contributed by atoms with E-state index in [0.717, 1.165) is 223 Å². The molecule has 10 aliphatic rings. The number of fused-ring (bicyclic) bond motifs is 2. The molecule has 2 saturated carbocycles. The molecule has 23 heteroatoms. The van der Waals surface area contributed by atoms with E-state index >= 15 is 0 Å². The molecule has 112 heavy (non-hydrogen) atoms. The predicted molar refractivity (Wildman–Crippen MR) is 421 cm³/mol. The Bertz CT molecular complexity index is 5210. The van der Waals surface area contributed by atoms with Crippen molar-refractivity contribution in [1.29, 1.82) is 10.5 Å². The minimum Gasteiger partial charge on any atom is -0.371 e. The molecule has 0 bridgehead atoms. The molecule has 572 valence electrons. The first-order chi connectivity index (χ1) is 54.2. The number of hydrogen-bond acceptors (Lipinski definition) is 19. The molecule has 8 fully saturated rings. The largest absolute Gasteiger partial charge is 0.371 e. The van der Waals surface area contributed by atoms with Gasteiger partial charge in [0.25, 0.3) is 17.7 Å². The Morgan fingerprint density at radius 1 is 0.545 bits per heavy atom. The lowest BCUT2D eigenvalue weighted by molar-refractivity contribution is -0.138. The van der Waals surface area contributed by atoms with Crippen LogP contribution in [0.3, 0.4) is 0 Å². The number of benzene rings is 6. The smallest absolute Gasteiger partial charge is 0.262 e. The SMILES string of the molecule is Cc1ccc(-c2c(C)noc2C)cc1N(CC1CCN(CC2CN(c3ccc4c(c3)C(=O)N(C3CCC(=O)NC3=O)C4=O)C2)CC1)c1ccc(C2(C#N)CC2Cc2ccc(-c3c(C)noc3C)cc2N(CC2CN(C3CCN(c4ccc5c(c4)CN(C4CCC(=O)NC4=O)C5=O)CC3)C2)c2ccc(C3(C#N)CC3)cc2)cc1. The third-order valence-corrected chi connectivity index (χ3v) is 26.4. The van der Waals surface area contributed by atoms with Crippen LogP contribution in [0.4, 0.5) is 34.1 Å². The van der Waals surface area contributed by atoms with Gasteiger partial charge in [0, 0.05) is 147 Å². The van der Waals surface area contributed by atoms with Gasteiger partial charge in [0.2, 0.25) is 23.6 Å². The van der Waals surface area contributed by atoms with Gasteiger partial charge in [0.15, 0.2) is 0 Å². The first kappa shape index (κ1) is 72.3. The van der Waals surface area contributed by atoms with E-state index in [2.05, 4.69) is 160 Å². The highest BCUT2D eigenvalue weighted by atomic mass is 16.5. The minimum absolute atomic E-state index is 0.0355. The van der Waals surface area contributed by atoms with Crippen LogP contribution in [-0.2, 0) is 43.0 Å². The van der Waals surface area contributed by atoms with Gasteiger partial charge >= 0.3 is 0 Å². The highest BCUT2D eigenvalue weighted by Crippen LogP contribution is 2.57. The maximum absolute atomic E-state index is 13.7. The monoisotopic (exact) mass is 1500 g/mol. The Labute approximate surface area is 651 Å². The Balaban J connectivity index is 0.564. The van der Waals surface area contributed by atoms with E-state index in [1.807, 2.05) is 45.9 Å². The van der Waals surface area contributed by atoms with E-state index in [4.69, 9.17) is 9.05 Å². The van der Waals surface area contributed by atoms with Gasteiger partial charge < -0.3 is 38.4 Å². The van der Waals surface area contributed by atoms with E-state index in [1.54, 1.807) is 17.0 Å². The number of nitriles is 2. The molecular weight excluding hydrogens is 1410 g/mol. The van der Waals surface area contributed by atoms with Gasteiger partial charge in [-0.1, -0.05) is 58.8 Å². The molecule has 23 nitrogen and oxygen atoms in total. The van der Waals surface area contributed by atoms with Crippen molar-refractivity contribution in [3.8, 4) is 34.4 Å². The summed E-state index contributed by atoms with van der Waals surface area (Å²) in [6.07, 6.45) is 7.89. The second-order valence-electron chi connectivity index (χ2n) is 33.4. The van der Waals surface area contributed by atoms with Gasteiger partial charge in [-0.3, -0.25) is 54.0 Å². The third-order valence-electron chi connectivity index (χ3n) is 26.4. The molecule has 7 amide bonds. The van der Waals surface area contributed by atoms with Crippen LogP contribution in [0.1, 0.15) is 152 Å². The van der Waals surface area contributed by atoms with Crippen LogP contribution < -0.4 is 30.2 Å². The van der Waals surface area contributed by atoms with Crippen molar-refractivity contribution in [1.82, 2.24) is 40.5 Å².